The zero-order valence-corrected chi connectivity index (χ0v) is 12.5. The van der Waals surface area contributed by atoms with Gasteiger partial charge in [0.15, 0.2) is 0 Å². The number of urea groups is 1. The van der Waals surface area contributed by atoms with Crippen molar-refractivity contribution in [3.63, 3.8) is 0 Å². The van der Waals surface area contributed by atoms with Crippen molar-refractivity contribution in [3.05, 3.63) is 29.3 Å². The number of hydrogen-bond donors (Lipinski definition) is 3. The number of anilines is 1. The molecule has 0 bridgehead atoms. The van der Waals surface area contributed by atoms with E-state index in [1.54, 1.807) is 19.1 Å². The van der Waals surface area contributed by atoms with Gasteiger partial charge in [0.2, 0.25) is 0 Å². The SMILES string of the molecule is Cc1cc(NC(=O)NC2CCC(C)CC2)ccc1C(=O)O. The molecular formula is C16H22N2O3. The second kappa shape index (κ2) is 6.61. The second-order valence-electron chi connectivity index (χ2n) is 5.89. The molecule has 5 nitrogen and oxygen atoms in total. The Morgan fingerprint density at radius 3 is 2.43 bits per heavy atom. The first-order chi connectivity index (χ1) is 9.95. The van der Waals surface area contributed by atoms with Crippen LogP contribution in [0, 0.1) is 12.8 Å². The van der Waals surface area contributed by atoms with E-state index in [0.29, 0.717) is 11.3 Å². The van der Waals surface area contributed by atoms with Gasteiger partial charge in [-0.25, -0.2) is 9.59 Å². The first-order valence-electron chi connectivity index (χ1n) is 7.37. The highest BCUT2D eigenvalue weighted by molar-refractivity contribution is 5.92. The number of benzene rings is 1. The highest BCUT2D eigenvalue weighted by Crippen LogP contribution is 2.23. The van der Waals surface area contributed by atoms with Gasteiger partial charge in [0.1, 0.15) is 0 Å². The Kier molecular flexibility index (Phi) is 4.83. The van der Waals surface area contributed by atoms with Crippen molar-refractivity contribution in [2.45, 2.75) is 45.6 Å². The number of aryl methyl sites for hydroxylation is 1. The van der Waals surface area contributed by atoms with E-state index in [1.165, 1.54) is 6.07 Å². The Bertz CT molecular complexity index is 534. The van der Waals surface area contributed by atoms with Crippen molar-refractivity contribution in [2.75, 3.05) is 5.32 Å². The maximum absolute atomic E-state index is 12.0. The van der Waals surface area contributed by atoms with E-state index in [4.69, 9.17) is 5.11 Å². The lowest BCUT2D eigenvalue weighted by Gasteiger charge is -2.26. The summed E-state index contributed by atoms with van der Waals surface area (Å²) in [5.41, 5.74) is 1.49. The third kappa shape index (κ3) is 4.21. The number of rotatable bonds is 3. The van der Waals surface area contributed by atoms with E-state index >= 15 is 0 Å². The third-order valence-corrected chi connectivity index (χ3v) is 4.07. The minimum atomic E-state index is -0.958. The van der Waals surface area contributed by atoms with Crippen LogP contribution >= 0.6 is 0 Å². The molecule has 1 aromatic carbocycles. The molecule has 2 rings (SSSR count). The lowest BCUT2D eigenvalue weighted by Crippen LogP contribution is -2.39. The Hall–Kier alpha value is -2.04. The van der Waals surface area contributed by atoms with Crippen LogP contribution in [0.5, 0.6) is 0 Å². The van der Waals surface area contributed by atoms with Gasteiger partial charge in [-0.2, -0.15) is 0 Å². The molecule has 1 fully saturated rings. The maximum Gasteiger partial charge on any atom is 0.335 e. The highest BCUT2D eigenvalue weighted by Gasteiger charge is 2.19. The largest absolute Gasteiger partial charge is 0.478 e. The lowest BCUT2D eigenvalue weighted by molar-refractivity contribution is 0.0696. The summed E-state index contributed by atoms with van der Waals surface area (Å²) in [5, 5.41) is 14.7. The van der Waals surface area contributed by atoms with Gasteiger partial charge in [0, 0.05) is 11.7 Å². The molecule has 21 heavy (non-hydrogen) atoms. The van der Waals surface area contributed by atoms with Crippen LogP contribution in [0.2, 0.25) is 0 Å². The summed E-state index contributed by atoms with van der Waals surface area (Å²) in [4.78, 5) is 22.9. The van der Waals surface area contributed by atoms with Gasteiger partial charge in [0.05, 0.1) is 5.56 Å². The van der Waals surface area contributed by atoms with E-state index in [2.05, 4.69) is 17.6 Å². The van der Waals surface area contributed by atoms with Crippen LogP contribution in [-0.4, -0.2) is 23.1 Å². The molecule has 114 valence electrons. The lowest BCUT2D eigenvalue weighted by atomic mass is 9.87. The molecule has 0 heterocycles. The molecule has 0 aliphatic heterocycles. The van der Waals surface area contributed by atoms with E-state index in [9.17, 15) is 9.59 Å². The number of carboxylic acids is 1. The monoisotopic (exact) mass is 290 g/mol. The van der Waals surface area contributed by atoms with Gasteiger partial charge in [0.25, 0.3) is 0 Å². The maximum atomic E-state index is 12.0. The first kappa shape index (κ1) is 15.4. The minimum Gasteiger partial charge on any atom is -0.478 e. The molecule has 0 atom stereocenters. The topological polar surface area (TPSA) is 78.4 Å². The van der Waals surface area contributed by atoms with Crippen molar-refractivity contribution in [1.29, 1.82) is 0 Å². The van der Waals surface area contributed by atoms with Crippen molar-refractivity contribution < 1.29 is 14.7 Å². The van der Waals surface area contributed by atoms with Crippen LogP contribution in [-0.2, 0) is 0 Å². The Morgan fingerprint density at radius 2 is 1.86 bits per heavy atom. The van der Waals surface area contributed by atoms with Crippen LogP contribution in [0.25, 0.3) is 0 Å². The smallest absolute Gasteiger partial charge is 0.335 e. The molecular weight excluding hydrogens is 268 g/mol. The number of aromatic carboxylic acids is 1. The van der Waals surface area contributed by atoms with Gasteiger partial charge >= 0.3 is 12.0 Å². The summed E-state index contributed by atoms with van der Waals surface area (Å²) in [5.74, 6) is -0.211. The van der Waals surface area contributed by atoms with Gasteiger partial charge in [-0.05, 0) is 62.3 Å². The normalized spacial score (nSPS) is 21.6. The zero-order chi connectivity index (χ0) is 15.4. The van der Waals surface area contributed by atoms with Crippen LogP contribution in [0.4, 0.5) is 10.5 Å². The molecule has 0 unspecified atom stereocenters. The fraction of sp³-hybridized carbons (Fsp3) is 0.500. The van der Waals surface area contributed by atoms with Crippen molar-refractivity contribution >= 4 is 17.7 Å². The Balaban J connectivity index is 1.91. The first-order valence-corrected chi connectivity index (χ1v) is 7.37. The molecule has 1 saturated carbocycles. The number of nitrogens with one attached hydrogen (secondary N) is 2. The van der Waals surface area contributed by atoms with Crippen LogP contribution < -0.4 is 10.6 Å². The number of carbonyl (C=O) groups excluding carboxylic acids is 1. The van der Waals surface area contributed by atoms with E-state index in [1.807, 2.05) is 0 Å². The minimum absolute atomic E-state index is 0.225. The van der Waals surface area contributed by atoms with Crippen LogP contribution in [0.15, 0.2) is 18.2 Å². The molecule has 3 N–H and O–H groups in total. The van der Waals surface area contributed by atoms with Gasteiger partial charge in [-0.3, -0.25) is 0 Å². The van der Waals surface area contributed by atoms with Crippen LogP contribution in [0.1, 0.15) is 48.5 Å². The van der Waals surface area contributed by atoms with Gasteiger partial charge < -0.3 is 15.7 Å². The fourth-order valence-electron chi connectivity index (χ4n) is 2.74. The average Bonchev–Trinajstić information content (AvgIpc) is 2.41. The van der Waals surface area contributed by atoms with Gasteiger partial charge in [-0.1, -0.05) is 6.92 Å². The van der Waals surface area contributed by atoms with E-state index in [-0.39, 0.29) is 17.6 Å². The molecule has 0 radical (unpaired) electrons. The summed E-state index contributed by atoms with van der Waals surface area (Å²) in [6.07, 6.45) is 4.34. The second-order valence-corrected chi connectivity index (χ2v) is 5.89. The molecule has 1 aliphatic rings. The summed E-state index contributed by atoms with van der Waals surface area (Å²) in [6, 6.07) is 4.80. The third-order valence-electron chi connectivity index (χ3n) is 4.07. The molecule has 5 heteroatoms. The Morgan fingerprint density at radius 1 is 1.19 bits per heavy atom. The van der Waals surface area contributed by atoms with Gasteiger partial charge in [-0.15, -0.1) is 0 Å². The predicted octanol–water partition coefficient (Wildman–Crippen LogP) is 3.39. The summed E-state index contributed by atoms with van der Waals surface area (Å²) >= 11 is 0. The van der Waals surface area contributed by atoms with Crippen LogP contribution in [0.3, 0.4) is 0 Å². The standard InChI is InChI=1S/C16H22N2O3/c1-10-3-5-12(6-4-10)17-16(21)18-13-7-8-14(15(19)20)11(2)9-13/h7-10,12H,3-6H2,1-2H3,(H,19,20)(H2,17,18,21). The molecule has 0 spiro atoms. The predicted molar refractivity (Wildman–Crippen MR) is 81.7 cm³/mol. The average molecular weight is 290 g/mol. The molecule has 2 amide bonds. The Labute approximate surface area is 124 Å². The van der Waals surface area contributed by atoms with Crippen molar-refractivity contribution in [3.8, 4) is 0 Å². The number of hydrogen-bond acceptors (Lipinski definition) is 2. The number of amides is 2. The fourth-order valence-corrected chi connectivity index (χ4v) is 2.74. The molecule has 0 saturated heterocycles. The summed E-state index contributed by atoms with van der Waals surface area (Å²) in [6.45, 7) is 3.96. The van der Waals surface area contributed by atoms with Crippen molar-refractivity contribution in [2.24, 2.45) is 5.92 Å². The van der Waals surface area contributed by atoms with E-state index in [0.717, 1.165) is 31.6 Å². The number of carboxylic acid groups (broad SMARTS) is 1. The number of carbonyl (C=O) groups is 2. The van der Waals surface area contributed by atoms with E-state index < -0.39 is 5.97 Å². The van der Waals surface area contributed by atoms with Crippen molar-refractivity contribution in [1.82, 2.24) is 5.32 Å². The molecule has 1 aliphatic carbocycles. The molecule has 0 aromatic heterocycles. The summed E-state index contributed by atoms with van der Waals surface area (Å²) in [7, 11) is 0. The zero-order valence-electron chi connectivity index (χ0n) is 12.5. The highest BCUT2D eigenvalue weighted by atomic mass is 16.4. The summed E-state index contributed by atoms with van der Waals surface area (Å²) < 4.78 is 0. The molecule has 1 aromatic rings. The quantitative estimate of drug-likeness (QED) is 0.798.